The molecule has 0 aliphatic rings. The van der Waals surface area contributed by atoms with Gasteiger partial charge in [0, 0.05) is 30.5 Å². The van der Waals surface area contributed by atoms with E-state index < -0.39 is 0 Å². The van der Waals surface area contributed by atoms with Gasteiger partial charge in [0.1, 0.15) is 5.82 Å². The highest BCUT2D eigenvalue weighted by atomic mass is 79.9. The van der Waals surface area contributed by atoms with Crippen LogP contribution in [0.2, 0.25) is 0 Å². The van der Waals surface area contributed by atoms with E-state index in [2.05, 4.69) is 26.2 Å². The smallest absolute Gasteiger partial charge is 0.161 e. The number of halogens is 1. The molecule has 0 aliphatic heterocycles. The van der Waals surface area contributed by atoms with Gasteiger partial charge >= 0.3 is 0 Å². The van der Waals surface area contributed by atoms with Crippen molar-refractivity contribution in [2.45, 2.75) is 13.1 Å². The fourth-order valence-electron chi connectivity index (χ4n) is 1.91. The molecule has 20 heavy (non-hydrogen) atoms. The summed E-state index contributed by atoms with van der Waals surface area (Å²) >= 11 is 3.55. The maximum Gasteiger partial charge on any atom is 0.161 e. The molecule has 0 aliphatic carbocycles. The molecule has 0 bridgehead atoms. The predicted molar refractivity (Wildman–Crippen MR) is 81.0 cm³/mol. The molecule has 5 nitrogen and oxygen atoms in total. The number of ether oxygens (including phenoxy) is 2. The average Bonchev–Trinajstić information content (AvgIpc) is 2.85. The van der Waals surface area contributed by atoms with Gasteiger partial charge in [0.05, 0.1) is 20.8 Å². The van der Waals surface area contributed by atoms with Crippen LogP contribution in [0.25, 0.3) is 0 Å². The second-order valence-corrected chi connectivity index (χ2v) is 5.21. The van der Waals surface area contributed by atoms with Crippen molar-refractivity contribution in [3.8, 4) is 11.5 Å². The summed E-state index contributed by atoms with van der Waals surface area (Å²) in [5, 5.41) is 3.36. The zero-order valence-electron chi connectivity index (χ0n) is 11.8. The van der Waals surface area contributed by atoms with Crippen LogP contribution in [-0.2, 0) is 20.1 Å². The standard InChI is InChI=1S/C14H18BrN3O2/c1-18-5-4-17-14(18)9-16-8-10-6-12(19-2)13(20-3)7-11(10)15/h4-7,16H,8-9H2,1-3H3. The molecule has 2 rings (SSSR count). The van der Waals surface area contributed by atoms with Crippen molar-refractivity contribution in [3.05, 3.63) is 40.4 Å². The summed E-state index contributed by atoms with van der Waals surface area (Å²) in [6.07, 6.45) is 3.73. The average molecular weight is 340 g/mol. The lowest BCUT2D eigenvalue weighted by atomic mass is 10.2. The number of benzene rings is 1. The number of aromatic nitrogens is 2. The van der Waals surface area contributed by atoms with Crippen LogP contribution in [0.5, 0.6) is 11.5 Å². The van der Waals surface area contributed by atoms with Crippen LogP contribution in [-0.4, -0.2) is 23.8 Å². The first-order chi connectivity index (χ1) is 9.65. The van der Waals surface area contributed by atoms with Gasteiger partial charge in [-0.3, -0.25) is 0 Å². The van der Waals surface area contributed by atoms with Crippen LogP contribution < -0.4 is 14.8 Å². The van der Waals surface area contributed by atoms with Gasteiger partial charge < -0.3 is 19.4 Å². The topological polar surface area (TPSA) is 48.3 Å². The highest BCUT2D eigenvalue weighted by Crippen LogP contribution is 2.33. The van der Waals surface area contributed by atoms with E-state index in [-0.39, 0.29) is 0 Å². The first-order valence-corrected chi connectivity index (χ1v) is 7.02. The van der Waals surface area contributed by atoms with Gasteiger partial charge in [0.25, 0.3) is 0 Å². The Kier molecular flexibility index (Phi) is 5.03. The van der Waals surface area contributed by atoms with E-state index in [4.69, 9.17) is 9.47 Å². The van der Waals surface area contributed by atoms with Crippen LogP contribution >= 0.6 is 15.9 Å². The SMILES string of the molecule is COc1cc(Br)c(CNCc2nccn2C)cc1OC. The van der Waals surface area contributed by atoms with Crippen LogP contribution in [0.4, 0.5) is 0 Å². The van der Waals surface area contributed by atoms with Gasteiger partial charge in [-0.05, 0) is 17.7 Å². The van der Waals surface area contributed by atoms with Crippen molar-refractivity contribution >= 4 is 15.9 Å². The van der Waals surface area contributed by atoms with Crippen molar-refractivity contribution in [2.75, 3.05) is 14.2 Å². The van der Waals surface area contributed by atoms with E-state index >= 15 is 0 Å². The summed E-state index contributed by atoms with van der Waals surface area (Å²) in [5.74, 6) is 2.44. The van der Waals surface area contributed by atoms with Crippen molar-refractivity contribution in [1.82, 2.24) is 14.9 Å². The summed E-state index contributed by atoms with van der Waals surface area (Å²) in [7, 11) is 5.25. The second-order valence-electron chi connectivity index (χ2n) is 4.36. The number of hydrogen-bond acceptors (Lipinski definition) is 4. The lowest BCUT2D eigenvalue weighted by Gasteiger charge is -2.12. The molecule has 0 amide bonds. The van der Waals surface area contributed by atoms with Gasteiger partial charge in [-0.15, -0.1) is 0 Å². The van der Waals surface area contributed by atoms with Gasteiger partial charge in [-0.1, -0.05) is 15.9 Å². The van der Waals surface area contributed by atoms with E-state index in [1.807, 2.05) is 29.9 Å². The minimum atomic E-state index is 0.713. The van der Waals surface area contributed by atoms with Crippen molar-refractivity contribution in [3.63, 3.8) is 0 Å². The summed E-state index contributed by atoms with van der Waals surface area (Å²) in [6.45, 7) is 1.43. The van der Waals surface area contributed by atoms with Gasteiger partial charge in [0.2, 0.25) is 0 Å². The van der Waals surface area contributed by atoms with E-state index in [1.165, 1.54) is 0 Å². The fourth-order valence-corrected chi connectivity index (χ4v) is 2.37. The Morgan fingerprint density at radius 3 is 2.50 bits per heavy atom. The first-order valence-electron chi connectivity index (χ1n) is 6.23. The number of imidazole rings is 1. The quantitative estimate of drug-likeness (QED) is 0.878. The van der Waals surface area contributed by atoms with Crippen LogP contribution in [0.15, 0.2) is 29.0 Å². The molecule has 0 saturated carbocycles. The van der Waals surface area contributed by atoms with Gasteiger partial charge in [-0.2, -0.15) is 0 Å². The van der Waals surface area contributed by atoms with Crippen molar-refractivity contribution in [1.29, 1.82) is 0 Å². The van der Waals surface area contributed by atoms with Crippen molar-refractivity contribution < 1.29 is 9.47 Å². The molecular formula is C14H18BrN3O2. The normalized spacial score (nSPS) is 10.6. The summed E-state index contributed by atoms with van der Waals surface area (Å²) in [4.78, 5) is 4.27. The maximum atomic E-state index is 5.31. The molecular weight excluding hydrogens is 322 g/mol. The third-order valence-electron chi connectivity index (χ3n) is 3.07. The number of methoxy groups -OCH3 is 2. The molecule has 1 N–H and O–H groups in total. The predicted octanol–water partition coefficient (Wildman–Crippen LogP) is 2.49. The fraction of sp³-hybridized carbons (Fsp3) is 0.357. The molecule has 1 aromatic heterocycles. The maximum absolute atomic E-state index is 5.31. The number of aryl methyl sites for hydroxylation is 1. The minimum Gasteiger partial charge on any atom is -0.493 e. The molecule has 0 fully saturated rings. The van der Waals surface area contributed by atoms with Crippen molar-refractivity contribution in [2.24, 2.45) is 7.05 Å². The van der Waals surface area contributed by atoms with Gasteiger partial charge in [-0.25, -0.2) is 4.98 Å². The first kappa shape index (κ1) is 14.9. The number of nitrogens with one attached hydrogen (secondary N) is 1. The number of hydrogen-bond donors (Lipinski definition) is 1. The number of nitrogens with zero attached hydrogens (tertiary/aromatic N) is 2. The number of rotatable bonds is 6. The lowest BCUT2D eigenvalue weighted by Crippen LogP contribution is -2.16. The van der Waals surface area contributed by atoms with E-state index in [9.17, 15) is 0 Å². The third kappa shape index (κ3) is 3.32. The Hall–Kier alpha value is -1.53. The highest BCUT2D eigenvalue weighted by molar-refractivity contribution is 9.10. The third-order valence-corrected chi connectivity index (χ3v) is 3.81. The van der Waals surface area contributed by atoms with E-state index in [0.29, 0.717) is 18.8 Å². The van der Waals surface area contributed by atoms with Crippen LogP contribution in [0, 0.1) is 0 Å². The van der Waals surface area contributed by atoms with Crippen LogP contribution in [0.1, 0.15) is 11.4 Å². The molecule has 0 unspecified atom stereocenters. The zero-order chi connectivity index (χ0) is 14.5. The monoisotopic (exact) mass is 339 g/mol. The molecule has 0 atom stereocenters. The molecule has 6 heteroatoms. The molecule has 1 heterocycles. The minimum absolute atomic E-state index is 0.713. The molecule has 0 radical (unpaired) electrons. The largest absolute Gasteiger partial charge is 0.493 e. The Morgan fingerprint density at radius 1 is 1.20 bits per heavy atom. The van der Waals surface area contributed by atoms with E-state index in [1.54, 1.807) is 20.4 Å². The highest BCUT2D eigenvalue weighted by Gasteiger charge is 2.09. The Bertz CT molecular complexity index is 584. The lowest BCUT2D eigenvalue weighted by molar-refractivity contribution is 0.354. The summed E-state index contributed by atoms with van der Waals surface area (Å²) < 4.78 is 13.6. The Morgan fingerprint density at radius 2 is 1.90 bits per heavy atom. The zero-order valence-corrected chi connectivity index (χ0v) is 13.4. The molecule has 1 aromatic carbocycles. The van der Waals surface area contributed by atoms with Gasteiger partial charge in [0.15, 0.2) is 11.5 Å². The van der Waals surface area contributed by atoms with Crippen LogP contribution in [0.3, 0.4) is 0 Å². The Labute approximate surface area is 127 Å². The molecule has 0 spiro atoms. The molecule has 0 saturated heterocycles. The Balaban J connectivity index is 2.04. The molecule has 2 aromatic rings. The summed E-state index contributed by atoms with van der Waals surface area (Å²) in [6, 6.07) is 3.88. The van der Waals surface area contributed by atoms with E-state index in [0.717, 1.165) is 21.6 Å². The molecule has 108 valence electrons. The summed E-state index contributed by atoms with van der Waals surface area (Å²) in [5.41, 5.74) is 1.11. The second kappa shape index (κ2) is 6.76.